The number of amides is 1. The molecule has 2 aromatic rings. The maximum absolute atomic E-state index is 12.4. The number of nitrogens with one attached hydrogen (secondary N) is 1. The minimum absolute atomic E-state index is 0.0476. The van der Waals surface area contributed by atoms with E-state index in [1.54, 1.807) is 6.07 Å². The third kappa shape index (κ3) is 3.35. The van der Waals surface area contributed by atoms with Gasteiger partial charge in [0, 0.05) is 23.0 Å². The first-order valence-electron chi connectivity index (χ1n) is 7.59. The van der Waals surface area contributed by atoms with Crippen LogP contribution in [0.1, 0.15) is 18.1 Å². The second-order valence-corrected chi connectivity index (χ2v) is 6.24. The number of carbonyl (C=O) groups excluding carboxylic acids is 1. The summed E-state index contributed by atoms with van der Waals surface area (Å²) in [5, 5.41) is 2.92. The van der Waals surface area contributed by atoms with Crippen LogP contribution in [0.4, 0.5) is 11.4 Å². The molecular formula is C18H19N3OS. The van der Waals surface area contributed by atoms with Gasteiger partial charge in [0.15, 0.2) is 0 Å². The Balaban J connectivity index is 1.71. The molecule has 1 aliphatic rings. The lowest BCUT2D eigenvalue weighted by molar-refractivity contribution is -0.115. The molecule has 1 unspecified atom stereocenters. The molecule has 118 valence electrons. The van der Waals surface area contributed by atoms with Crippen molar-refractivity contribution in [2.45, 2.75) is 19.4 Å². The lowest BCUT2D eigenvalue weighted by Gasteiger charge is -2.24. The summed E-state index contributed by atoms with van der Waals surface area (Å²) in [4.78, 5) is 14.9. The van der Waals surface area contributed by atoms with Gasteiger partial charge in [0.1, 0.15) is 4.99 Å². The zero-order valence-corrected chi connectivity index (χ0v) is 13.8. The normalized spacial score (nSPS) is 16.0. The lowest BCUT2D eigenvalue weighted by atomic mass is 10.1. The van der Waals surface area contributed by atoms with E-state index in [4.69, 9.17) is 18.0 Å². The standard InChI is InChI=1S/C18H19N3OS/c1-12-9-13-5-2-3-8-16(13)21(12)11-17(22)20-15-7-4-6-14(10-15)18(19)23/h2-8,10,12H,9,11H2,1H3,(H2,19,23)(H,20,22). The van der Waals surface area contributed by atoms with Gasteiger partial charge in [-0.05, 0) is 37.1 Å². The van der Waals surface area contributed by atoms with Crippen molar-refractivity contribution < 1.29 is 4.79 Å². The van der Waals surface area contributed by atoms with Crippen molar-refractivity contribution in [1.29, 1.82) is 0 Å². The molecule has 0 aromatic heterocycles. The van der Waals surface area contributed by atoms with Gasteiger partial charge in [-0.3, -0.25) is 4.79 Å². The van der Waals surface area contributed by atoms with Crippen LogP contribution in [-0.2, 0) is 11.2 Å². The Labute approximate surface area is 141 Å². The summed E-state index contributed by atoms with van der Waals surface area (Å²) in [5.41, 5.74) is 9.52. The Kier molecular flexibility index (Phi) is 4.30. The Hall–Kier alpha value is -2.40. The number of carbonyl (C=O) groups is 1. The smallest absolute Gasteiger partial charge is 0.243 e. The van der Waals surface area contributed by atoms with Crippen LogP contribution in [0.2, 0.25) is 0 Å². The first-order valence-corrected chi connectivity index (χ1v) is 7.99. The molecule has 1 heterocycles. The molecular weight excluding hydrogens is 306 g/mol. The molecule has 0 spiro atoms. The minimum atomic E-state index is -0.0476. The summed E-state index contributed by atoms with van der Waals surface area (Å²) >= 11 is 4.97. The lowest BCUT2D eigenvalue weighted by Crippen LogP contribution is -2.37. The summed E-state index contributed by atoms with van der Waals surface area (Å²) in [6.07, 6.45) is 0.973. The Morgan fingerprint density at radius 1 is 1.30 bits per heavy atom. The Morgan fingerprint density at radius 3 is 2.87 bits per heavy atom. The second kappa shape index (κ2) is 6.38. The second-order valence-electron chi connectivity index (χ2n) is 5.80. The van der Waals surface area contributed by atoms with E-state index in [9.17, 15) is 4.79 Å². The molecule has 4 nitrogen and oxygen atoms in total. The number of fused-ring (bicyclic) bond motifs is 1. The molecule has 2 aromatic carbocycles. The maximum Gasteiger partial charge on any atom is 0.243 e. The van der Waals surface area contributed by atoms with Gasteiger partial charge in [-0.15, -0.1) is 0 Å². The molecule has 1 atom stereocenters. The van der Waals surface area contributed by atoms with E-state index < -0.39 is 0 Å². The van der Waals surface area contributed by atoms with E-state index in [1.165, 1.54) is 5.56 Å². The molecule has 5 heteroatoms. The Morgan fingerprint density at radius 2 is 2.09 bits per heavy atom. The average Bonchev–Trinajstić information content (AvgIpc) is 2.83. The quantitative estimate of drug-likeness (QED) is 0.849. The van der Waals surface area contributed by atoms with Crippen LogP contribution in [0.3, 0.4) is 0 Å². The highest BCUT2D eigenvalue weighted by atomic mass is 32.1. The van der Waals surface area contributed by atoms with Gasteiger partial charge >= 0.3 is 0 Å². The highest BCUT2D eigenvalue weighted by molar-refractivity contribution is 7.80. The van der Waals surface area contributed by atoms with Crippen molar-refractivity contribution in [3.05, 3.63) is 59.7 Å². The van der Waals surface area contributed by atoms with Crippen molar-refractivity contribution in [2.24, 2.45) is 5.73 Å². The van der Waals surface area contributed by atoms with Gasteiger partial charge in [0.05, 0.1) is 6.54 Å². The van der Waals surface area contributed by atoms with Crippen molar-refractivity contribution in [3.8, 4) is 0 Å². The van der Waals surface area contributed by atoms with E-state index in [1.807, 2.05) is 30.3 Å². The van der Waals surface area contributed by atoms with Crippen LogP contribution < -0.4 is 16.0 Å². The molecule has 0 saturated carbocycles. The van der Waals surface area contributed by atoms with Crippen LogP contribution in [0.5, 0.6) is 0 Å². The number of para-hydroxylation sites is 1. The molecule has 0 saturated heterocycles. The summed E-state index contributed by atoms with van der Waals surface area (Å²) in [6, 6.07) is 15.8. The molecule has 1 aliphatic heterocycles. The van der Waals surface area contributed by atoms with Gasteiger partial charge in [-0.2, -0.15) is 0 Å². The summed E-state index contributed by atoms with van der Waals surface area (Å²) in [6.45, 7) is 2.47. The molecule has 0 radical (unpaired) electrons. The number of benzene rings is 2. The van der Waals surface area contributed by atoms with Gasteiger partial charge in [-0.1, -0.05) is 42.5 Å². The molecule has 0 bridgehead atoms. The van der Waals surface area contributed by atoms with Gasteiger partial charge in [0.2, 0.25) is 5.91 Å². The van der Waals surface area contributed by atoms with E-state index in [0.29, 0.717) is 23.3 Å². The van der Waals surface area contributed by atoms with Crippen molar-refractivity contribution >= 4 is 34.5 Å². The average molecular weight is 325 g/mol. The van der Waals surface area contributed by atoms with Crippen molar-refractivity contribution in [1.82, 2.24) is 0 Å². The third-order valence-corrected chi connectivity index (χ3v) is 4.33. The fraction of sp³-hybridized carbons (Fsp3) is 0.222. The number of nitrogens with two attached hydrogens (primary N) is 1. The number of hydrogen-bond acceptors (Lipinski definition) is 3. The SMILES string of the molecule is CC1Cc2ccccc2N1CC(=O)Nc1cccc(C(N)=S)c1. The van der Waals surface area contributed by atoms with E-state index in [0.717, 1.165) is 17.7 Å². The Bertz CT molecular complexity index is 759. The predicted molar refractivity (Wildman–Crippen MR) is 97.9 cm³/mol. The van der Waals surface area contributed by atoms with Crippen molar-refractivity contribution in [3.63, 3.8) is 0 Å². The fourth-order valence-corrected chi connectivity index (χ4v) is 3.10. The largest absolute Gasteiger partial charge is 0.389 e. The van der Waals surface area contributed by atoms with E-state index in [2.05, 4.69) is 29.3 Å². The number of nitrogens with zero attached hydrogens (tertiary/aromatic N) is 1. The van der Waals surface area contributed by atoms with Crippen LogP contribution in [0, 0.1) is 0 Å². The molecule has 3 rings (SSSR count). The third-order valence-electron chi connectivity index (χ3n) is 4.09. The zero-order chi connectivity index (χ0) is 16.4. The number of rotatable bonds is 4. The maximum atomic E-state index is 12.4. The number of thiocarbonyl (C=S) groups is 1. The van der Waals surface area contributed by atoms with Gasteiger partial charge in [-0.25, -0.2) is 0 Å². The number of anilines is 2. The minimum Gasteiger partial charge on any atom is -0.389 e. The first-order chi connectivity index (χ1) is 11.0. The van der Waals surface area contributed by atoms with Crippen LogP contribution in [0.25, 0.3) is 0 Å². The highest BCUT2D eigenvalue weighted by Crippen LogP contribution is 2.31. The van der Waals surface area contributed by atoms with Crippen LogP contribution in [-0.4, -0.2) is 23.5 Å². The summed E-state index contributed by atoms with van der Waals surface area (Å²) in [7, 11) is 0. The molecule has 0 aliphatic carbocycles. The van der Waals surface area contributed by atoms with E-state index in [-0.39, 0.29) is 5.91 Å². The molecule has 1 amide bonds. The predicted octanol–water partition coefficient (Wildman–Crippen LogP) is 2.71. The zero-order valence-electron chi connectivity index (χ0n) is 13.0. The molecule has 3 N–H and O–H groups in total. The van der Waals surface area contributed by atoms with E-state index >= 15 is 0 Å². The first kappa shape index (κ1) is 15.5. The monoisotopic (exact) mass is 325 g/mol. The summed E-state index contributed by atoms with van der Waals surface area (Å²) < 4.78 is 0. The summed E-state index contributed by atoms with van der Waals surface area (Å²) in [5.74, 6) is -0.0476. The van der Waals surface area contributed by atoms with Crippen LogP contribution >= 0.6 is 12.2 Å². The molecule has 0 fully saturated rings. The van der Waals surface area contributed by atoms with Gasteiger partial charge < -0.3 is 16.0 Å². The number of hydrogen-bond donors (Lipinski definition) is 2. The highest BCUT2D eigenvalue weighted by Gasteiger charge is 2.26. The van der Waals surface area contributed by atoms with Crippen molar-refractivity contribution in [2.75, 3.05) is 16.8 Å². The van der Waals surface area contributed by atoms with Gasteiger partial charge in [0.25, 0.3) is 0 Å². The topological polar surface area (TPSA) is 58.4 Å². The molecule has 23 heavy (non-hydrogen) atoms. The fourth-order valence-electron chi connectivity index (χ4n) is 2.98. The van der Waals surface area contributed by atoms with Crippen LogP contribution in [0.15, 0.2) is 48.5 Å².